The number of benzene rings is 2. The van der Waals surface area contributed by atoms with Gasteiger partial charge in [-0.15, -0.1) is 0 Å². The zero-order chi connectivity index (χ0) is 17.2. The molecule has 1 amide bonds. The van der Waals surface area contributed by atoms with E-state index in [2.05, 4.69) is 18.0 Å². The molecule has 0 bridgehead atoms. The quantitative estimate of drug-likeness (QED) is 0.519. The number of rotatable bonds is 4. The molecule has 0 saturated carbocycles. The smallest absolute Gasteiger partial charge is 0.296 e. The molecule has 2 aromatic carbocycles. The largest absolute Gasteiger partial charge is 0.459 e. The molecule has 0 aliphatic rings. The summed E-state index contributed by atoms with van der Waals surface area (Å²) in [6, 6.07) is 19.4. The Labute approximate surface area is 149 Å². The van der Waals surface area contributed by atoms with Crippen molar-refractivity contribution in [3.05, 3.63) is 83.8 Å². The average Bonchev–Trinajstić information content (AvgIpc) is 3.29. The number of aromatic nitrogens is 1. The van der Waals surface area contributed by atoms with Gasteiger partial charge in [-0.1, -0.05) is 47.7 Å². The lowest BCUT2D eigenvalue weighted by Crippen LogP contribution is -2.30. The van der Waals surface area contributed by atoms with E-state index in [1.807, 2.05) is 42.5 Å². The van der Waals surface area contributed by atoms with Crippen molar-refractivity contribution in [2.75, 3.05) is 4.90 Å². The van der Waals surface area contributed by atoms with Crippen LogP contribution in [-0.4, -0.2) is 10.9 Å². The number of nitrogens with zero attached hydrogens (tertiary/aromatic N) is 2. The highest BCUT2D eigenvalue weighted by molar-refractivity contribution is 7.22. The molecule has 2 heterocycles. The van der Waals surface area contributed by atoms with Gasteiger partial charge in [0.15, 0.2) is 10.9 Å². The van der Waals surface area contributed by atoms with E-state index in [0.717, 1.165) is 15.8 Å². The van der Waals surface area contributed by atoms with E-state index in [1.165, 1.54) is 23.2 Å². The maximum Gasteiger partial charge on any atom is 0.296 e. The van der Waals surface area contributed by atoms with Gasteiger partial charge in [-0.05, 0) is 42.3 Å². The SMILES string of the molecule is Cc1ccc2nc(N(Cc3ccccc3)C(=O)c3ccco3)sc2c1. The molecule has 4 rings (SSSR count). The van der Waals surface area contributed by atoms with Crippen molar-refractivity contribution in [3.63, 3.8) is 0 Å². The van der Waals surface area contributed by atoms with Gasteiger partial charge in [0.25, 0.3) is 5.91 Å². The summed E-state index contributed by atoms with van der Waals surface area (Å²) in [6.45, 7) is 2.49. The topological polar surface area (TPSA) is 46.3 Å². The van der Waals surface area contributed by atoms with Crippen LogP contribution in [0, 0.1) is 6.92 Å². The Kier molecular flexibility index (Phi) is 4.07. The number of fused-ring (bicyclic) bond motifs is 1. The van der Waals surface area contributed by atoms with Crippen molar-refractivity contribution in [2.24, 2.45) is 0 Å². The fourth-order valence-corrected chi connectivity index (χ4v) is 3.72. The molecule has 0 radical (unpaired) electrons. The van der Waals surface area contributed by atoms with Crippen LogP contribution in [0.15, 0.2) is 71.3 Å². The molecule has 0 saturated heterocycles. The molecule has 0 spiro atoms. The number of hydrogen-bond acceptors (Lipinski definition) is 4. The standard InChI is InChI=1S/C20H16N2O2S/c1-14-9-10-16-18(12-14)25-20(21-16)22(13-15-6-3-2-4-7-15)19(23)17-8-5-11-24-17/h2-12H,13H2,1H3. The summed E-state index contributed by atoms with van der Waals surface area (Å²) in [5, 5.41) is 0.672. The third-order valence-corrected chi connectivity index (χ3v) is 4.97. The normalized spacial score (nSPS) is 10.9. The Morgan fingerprint density at radius 2 is 1.96 bits per heavy atom. The fourth-order valence-electron chi connectivity index (χ4n) is 2.66. The summed E-state index contributed by atoms with van der Waals surface area (Å²) in [6.07, 6.45) is 1.51. The van der Waals surface area contributed by atoms with Crippen LogP contribution in [0.2, 0.25) is 0 Å². The molecular weight excluding hydrogens is 332 g/mol. The Bertz CT molecular complexity index is 1010. The summed E-state index contributed by atoms with van der Waals surface area (Å²) in [7, 11) is 0. The summed E-state index contributed by atoms with van der Waals surface area (Å²) in [5.41, 5.74) is 3.11. The second-order valence-corrected chi connectivity index (χ2v) is 6.83. The van der Waals surface area contributed by atoms with Gasteiger partial charge in [0.05, 0.1) is 23.0 Å². The number of amides is 1. The second kappa shape index (κ2) is 6.53. The van der Waals surface area contributed by atoms with E-state index in [4.69, 9.17) is 4.42 Å². The van der Waals surface area contributed by atoms with Crippen LogP contribution in [0.1, 0.15) is 21.7 Å². The molecule has 0 unspecified atom stereocenters. The molecule has 0 aliphatic heterocycles. The van der Waals surface area contributed by atoms with E-state index < -0.39 is 0 Å². The summed E-state index contributed by atoms with van der Waals surface area (Å²) in [5.74, 6) is 0.121. The number of thiazole rings is 1. The van der Waals surface area contributed by atoms with Gasteiger partial charge in [0, 0.05) is 0 Å². The zero-order valence-corrected chi connectivity index (χ0v) is 14.5. The number of anilines is 1. The summed E-state index contributed by atoms with van der Waals surface area (Å²) >= 11 is 1.52. The van der Waals surface area contributed by atoms with Gasteiger partial charge in [0.2, 0.25) is 0 Å². The van der Waals surface area contributed by atoms with Crippen LogP contribution >= 0.6 is 11.3 Å². The minimum absolute atomic E-state index is 0.190. The summed E-state index contributed by atoms with van der Waals surface area (Å²) in [4.78, 5) is 19.3. The molecule has 2 aromatic heterocycles. The lowest BCUT2D eigenvalue weighted by Gasteiger charge is -2.18. The number of hydrogen-bond donors (Lipinski definition) is 0. The van der Waals surface area contributed by atoms with Crippen molar-refractivity contribution in [2.45, 2.75) is 13.5 Å². The maximum atomic E-state index is 13.0. The van der Waals surface area contributed by atoms with E-state index in [1.54, 1.807) is 17.0 Å². The van der Waals surface area contributed by atoms with Gasteiger partial charge in [-0.2, -0.15) is 0 Å². The van der Waals surface area contributed by atoms with Crippen LogP contribution in [0.25, 0.3) is 10.2 Å². The number of furan rings is 1. The first-order valence-corrected chi connectivity index (χ1v) is 8.79. The summed E-state index contributed by atoms with van der Waals surface area (Å²) < 4.78 is 6.38. The van der Waals surface area contributed by atoms with Crippen LogP contribution in [-0.2, 0) is 6.54 Å². The predicted molar refractivity (Wildman–Crippen MR) is 100 cm³/mol. The van der Waals surface area contributed by atoms with Gasteiger partial charge >= 0.3 is 0 Å². The first kappa shape index (κ1) is 15.6. The van der Waals surface area contributed by atoms with Crippen molar-refractivity contribution in [1.82, 2.24) is 4.98 Å². The Morgan fingerprint density at radius 3 is 2.72 bits per heavy atom. The van der Waals surface area contributed by atoms with Gasteiger partial charge in [-0.3, -0.25) is 9.69 Å². The molecular formula is C20H16N2O2S. The lowest BCUT2D eigenvalue weighted by atomic mass is 10.2. The average molecular weight is 348 g/mol. The van der Waals surface area contributed by atoms with Crippen LogP contribution in [0.5, 0.6) is 0 Å². The highest BCUT2D eigenvalue weighted by Gasteiger charge is 2.23. The van der Waals surface area contributed by atoms with Crippen LogP contribution in [0.3, 0.4) is 0 Å². The van der Waals surface area contributed by atoms with Crippen molar-refractivity contribution < 1.29 is 9.21 Å². The molecule has 0 aliphatic carbocycles. The Balaban J connectivity index is 1.76. The van der Waals surface area contributed by atoms with E-state index in [0.29, 0.717) is 17.4 Å². The monoisotopic (exact) mass is 348 g/mol. The van der Waals surface area contributed by atoms with E-state index in [9.17, 15) is 4.79 Å². The minimum Gasteiger partial charge on any atom is -0.459 e. The van der Waals surface area contributed by atoms with E-state index in [-0.39, 0.29) is 5.91 Å². The van der Waals surface area contributed by atoms with Crippen LogP contribution < -0.4 is 4.90 Å². The Morgan fingerprint density at radius 1 is 1.12 bits per heavy atom. The minimum atomic E-state index is -0.190. The molecule has 25 heavy (non-hydrogen) atoms. The first-order chi connectivity index (χ1) is 12.2. The third-order valence-electron chi connectivity index (χ3n) is 3.92. The number of carbonyl (C=O) groups is 1. The molecule has 4 nitrogen and oxygen atoms in total. The third kappa shape index (κ3) is 3.19. The van der Waals surface area contributed by atoms with Gasteiger partial charge in [0.1, 0.15) is 0 Å². The molecule has 0 atom stereocenters. The predicted octanol–water partition coefficient (Wildman–Crippen LogP) is 5.04. The first-order valence-electron chi connectivity index (χ1n) is 7.97. The van der Waals surface area contributed by atoms with E-state index >= 15 is 0 Å². The highest BCUT2D eigenvalue weighted by Crippen LogP contribution is 2.31. The van der Waals surface area contributed by atoms with Crippen molar-refractivity contribution in [1.29, 1.82) is 0 Å². The van der Waals surface area contributed by atoms with Gasteiger partial charge < -0.3 is 4.42 Å². The van der Waals surface area contributed by atoms with Crippen molar-refractivity contribution >= 4 is 32.6 Å². The second-order valence-electron chi connectivity index (χ2n) is 5.82. The lowest BCUT2D eigenvalue weighted by molar-refractivity contribution is 0.0958. The molecule has 124 valence electrons. The number of carbonyl (C=O) groups excluding carboxylic acids is 1. The fraction of sp³-hybridized carbons (Fsp3) is 0.100. The van der Waals surface area contributed by atoms with Crippen molar-refractivity contribution in [3.8, 4) is 0 Å². The molecule has 4 aromatic rings. The molecule has 0 N–H and O–H groups in total. The zero-order valence-electron chi connectivity index (χ0n) is 13.7. The van der Waals surface area contributed by atoms with Gasteiger partial charge in [-0.25, -0.2) is 4.98 Å². The number of aryl methyl sites for hydroxylation is 1. The maximum absolute atomic E-state index is 13.0. The molecule has 5 heteroatoms. The van der Waals surface area contributed by atoms with Crippen LogP contribution in [0.4, 0.5) is 5.13 Å². The molecule has 0 fully saturated rings. The highest BCUT2D eigenvalue weighted by atomic mass is 32.1. The Hall–Kier alpha value is -2.92.